The molecule has 0 aliphatic carbocycles. The summed E-state index contributed by atoms with van der Waals surface area (Å²) in [5, 5.41) is 0. The van der Waals surface area contributed by atoms with Gasteiger partial charge in [-0.2, -0.15) is 0 Å². The van der Waals surface area contributed by atoms with E-state index in [1.54, 1.807) is 0 Å². The fraction of sp³-hybridized carbons (Fsp3) is 0.667. The van der Waals surface area contributed by atoms with Gasteiger partial charge in [-0.05, 0) is 67.3 Å². The quantitative estimate of drug-likeness (QED) is 0.827. The summed E-state index contributed by atoms with van der Waals surface area (Å²) < 4.78 is 1.09. The van der Waals surface area contributed by atoms with Gasteiger partial charge in [0.25, 0.3) is 0 Å². The molecule has 1 aliphatic rings. The van der Waals surface area contributed by atoms with Crippen molar-refractivity contribution in [1.29, 1.82) is 0 Å². The topological polar surface area (TPSA) is 19.4 Å². The van der Waals surface area contributed by atoms with Crippen molar-refractivity contribution >= 4 is 21.7 Å². The van der Waals surface area contributed by atoms with Crippen molar-refractivity contribution in [3.05, 3.63) is 22.3 Å². The molecule has 0 N–H and O–H groups in total. The molecule has 1 aliphatic heterocycles. The SMILES string of the molecule is CCCN(C)C[C@H]1CCN(c2ccc(Br)c(C)n2)C1. The number of pyridine rings is 1. The average molecular weight is 326 g/mol. The maximum absolute atomic E-state index is 4.67. The molecule has 1 aromatic rings. The van der Waals surface area contributed by atoms with Crippen LogP contribution in [0.3, 0.4) is 0 Å². The molecular weight excluding hydrogens is 302 g/mol. The number of rotatable bonds is 5. The number of aromatic nitrogens is 1. The van der Waals surface area contributed by atoms with E-state index in [9.17, 15) is 0 Å². The van der Waals surface area contributed by atoms with E-state index < -0.39 is 0 Å². The van der Waals surface area contributed by atoms with Gasteiger partial charge in [-0.3, -0.25) is 0 Å². The zero-order valence-electron chi connectivity index (χ0n) is 12.2. The minimum atomic E-state index is 0.780. The van der Waals surface area contributed by atoms with Crippen LogP contribution in [-0.2, 0) is 0 Å². The van der Waals surface area contributed by atoms with Crippen molar-refractivity contribution < 1.29 is 0 Å². The smallest absolute Gasteiger partial charge is 0.128 e. The lowest BCUT2D eigenvalue weighted by Gasteiger charge is -2.21. The average Bonchev–Trinajstić information content (AvgIpc) is 2.81. The molecule has 1 atom stereocenters. The molecule has 0 spiro atoms. The van der Waals surface area contributed by atoms with Crippen molar-refractivity contribution in [1.82, 2.24) is 9.88 Å². The third-order valence-electron chi connectivity index (χ3n) is 3.79. The zero-order valence-corrected chi connectivity index (χ0v) is 13.8. The highest BCUT2D eigenvalue weighted by Gasteiger charge is 2.24. The molecule has 106 valence electrons. The van der Waals surface area contributed by atoms with E-state index in [-0.39, 0.29) is 0 Å². The number of aryl methyl sites for hydroxylation is 1. The molecule has 2 rings (SSSR count). The molecule has 19 heavy (non-hydrogen) atoms. The summed E-state index contributed by atoms with van der Waals surface area (Å²) >= 11 is 3.51. The third kappa shape index (κ3) is 3.93. The highest BCUT2D eigenvalue weighted by atomic mass is 79.9. The van der Waals surface area contributed by atoms with E-state index in [2.05, 4.69) is 63.7 Å². The van der Waals surface area contributed by atoms with Gasteiger partial charge in [0.15, 0.2) is 0 Å². The molecule has 1 fully saturated rings. The minimum Gasteiger partial charge on any atom is -0.356 e. The van der Waals surface area contributed by atoms with Gasteiger partial charge in [0.05, 0.1) is 5.69 Å². The summed E-state index contributed by atoms with van der Waals surface area (Å²) in [4.78, 5) is 9.54. The first-order valence-electron chi connectivity index (χ1n) is 7.16. The molecule has 0 unspecified atom stereocenters. The van der Waals surface area contributed by atoms with Crippen LogP contribution < -0.4 is 4.90 Å². The maximum Gasteiger partial charge on any atom is 0.128 e. The summed E-state index contributed by atoms with van der Waals surface area (Å²) in [5.74, 6) is 1.91. The molecule has 0 amide bonds. The van der Waals surface area contributed by atoms with Crippen molar-refractivity contribution in [2.75, 3.05) is 38.1 Å². The predicted octanol–water partition coefficient (Wildman–Crippen LogP) is 3.32. The maximum atomic E-state index is 4.67. The lowest BCUT2D eigenvalue weighted by atomic mass is 10.1. The van der Waals surface area contributed by atoms with Crippen LogP contribution in [0.15, 0.2) is 16.6 Å². The first kappa shape index (κ1) is 14.8. The lowest BCUT2D eigenvalue weighted by Crippen LogP contribution is -2.29. The molecule has 2 heterocycles. The second-order valence-electron chi connectivity index (χ2n) is 5.60. The Hall–Kier alpha value is -0.610. The highest BCUT2D eigenvalue weighted by molar-refractivity contribution is 9.10. The Balaban J connectivity index is 1.92. The molecule has 1 saturated heterocycles. The predicted molar refractivity (Wildman–Crippen MR) is 84.8 cm³/mol. The van der Waals surface area contributed by atoms with Crippen LogP contribution in [0.2, 0.25) is 0 Å². The van der Waals surface area contributed by atoms with E-state index in [1.807, 2.05) is 0 Å². The molecule has 0 saturated carbocycles. The molecule has 3 nitrogen and oxygen atoms in total. The van der Waals surface area contributed by atoms with Gasteiger partial charge in [-0.25, -0.2) is 4.98 Å². The van der Waals surface area contributed by atoms with Crippen LogP contribution in [-0.4, -0.2) is 43.1 Å². The Morgan fingerprint density at radius 2 is 2.26 bits per heavy atom. The van der Waals surface area contributed by atoms with E-state index in [4.69, 9.17) is 0 Å². The monoisotopic (exact) mass is 325 g/mol. The molecular formula is C15H24BrN3. The van der Waals surface area contributed by atoms with E-state index in [0.717, 1.165) is 35.0 Å². The summed E-state index contributed by atoms with van der Waals surface area (Å²) in [6.45, 7) is 8.98. The third-order valence-corrected chi connectivity index (χ3v) is 4.63. The number of hydrogen-bond donors (Lipinski definition) is 0. The van der Waals surface area contributed by atoms with Gasteiger partial charge in [-0.1, -0.05) is 6.92 Å². The Morgan fingerprint density at radius 3 is 2.95 bits per heavy atom. The van der Waals surface area contributed by atoms with Crippen LogP contribution in [0.25, 0.3) is 0 Å². The first-order chi connectivity index (χ1) is 9.10. The second kappa shape index (κ2) is 6.71. The molecule has 0 radical (unpaired) electrons. The van der Waals surface area contributed by atoms with Crippen LogP contribution in [0.5, 0.6) is 0 Å². The number of halogens is 1. The van der Waals surface area contributed by atoms with E-state index in [1.165, 1.54) is 25.9 Å². The van der Waals surface area contributed by atoms with Crippen molar-refractivity contribution in [2.45, 2.75) is 26.7 Å². The summed E-state index contributed by atoms with van der Waals surface area (Å²) in [6, 6.07) is 4.23. The Bertz CT molecular complexity index is 422. The van der Waals surface area contributed by atoms with Crippen LogP contribution in [0, 0.1) is 12.8 Å². The molecule has 0 bridgehead atoms. The summed E-state index contributed by atoms with van der Waals surface area (Å²) in [5.41, 5.74) is 1.07. The van der Waals surface area contributed by atoms with Crippen LogP contribution in [0.1, 0.15) is 25.5 Å². The summed E-state index contributed by atoms with van der Waals surface area (Å²) in [7, 11) is 2.23. The van der Waals surface area contributed by atoms with E-state index in [0.29, 0.717) is 0 Å². The normalized spacial score (nSPS) is 19.4. The van der Waals surface area contributed by atoms with Gasteiger partial charge < -0.3 is 9.80 Å². The largest absolute Gasteiger partial charge is 0.356 e. The second-order valence-corrected chi connectivity index (χ2v) is 6.45. The fourth-order valence-corrected chi connectivity index (χ4v) is 3.03. The van der Waals surface area contributed by atoms with Gasteiger partial charge in [0.2, 0.25) is 0 Å². The van der Waals surface area contributed by atoms with Gasteiger partial charge in [0, 0.05) is 24.1 Å². The molecule has 4 heteroatoms. The lowest BCUT2D eigenvalue weighted by molar-refractivity contribution is 0.287. The van der Waals surface area contributed by atoms with E-state index >= 15 is 0 Å². The number of anilines is 1. The molecule has 0 aromatic carbocycles. The van der Waals surface area contributed by atoms with Gasteiger partial charge in [-0.15, -0.1) is 0 Å². The zero-order chi connectivity index (χ0) is 13.8. The number of hydrogen-bond acceptors (Lipinski definition) is 3. The molecule has 1 aromatic heterocycles. The van der Waals surface area contributed by atoms with Gasteiger partial charge >= 0.3 is 0 Å². The highest BCUT2D eigenvalue weighted by Crippen LogP contribution is 2.25. The fourth-order valence-electron chi connectivity index (χ4n) is 2.81. The Morgan fingerprint density at radius 1 is 1.47 bits per heavy atom. The Labute approximate surface area is 125 Å². The van der Waals surface area contributed by atoms with Crippen molar-refractivity contribution in [2.24, 2.45) is 5.92 Å². The summed E-state index contributed by atoms with van der Waals surface area (Å²) in [6.07, 6.45) is 2.52. The van der Waals surface area contributed by atoms with Crippen molar-refractivity contribution in [3.63, 3.8) is 0 Å². The number of nitrogens with zero attached hydrogens (tertiary/aromatic N) is 3. The minimum absolute atomic E-state index is 0.780. The van der Waals surface area contributed by atoms with Gasteiger partial charge in [0.1, 0.15) is 5.82 Å². The Kier molecular flexibility index (Phi) is 5.22. The van der Waals surface area contributed by atoms with Crippen LogP contribution >= 0.6 is 15.9 Å². The van der Waals surface area contributed by atoms with Crippen LogP contribution in [0.4, 0.5) is 5.82 Å². The standard InChI is InChI=1S/C15H24BrN3/c1-4-8-18(3)10-13-7-9-19(11-13)15-6-5-14(16)12(2)17-15/h5-6,13H,4,7-11H2,1-3H3/t13-/m1/s1. The van der Waals surface area contributed by atoms with Crippen molar-refractivity contribution in [3.8, 4) is 0 Å². The first-order valence-corrected chi connectivity index (χ1v) is 7.96.